The van der Waals surface area contributed by atoms with Crippen LogP contribution in [0, 0.1) is 0 Å². The summed E-state index contributed by atoms with van der Waals surface area (Å²) in [4.78, 5) is 8.60. The lowest BCUT2D eigenvalue weighted by Gasteiger charge is -2.11. The number of guanidine groups is 1. The van der Waals surface area contributed by atoms with E-state index < -0.39 is 0 Å². The summed E-state index contributed by atoms with van der Waals surface area (Å²) in [6, 6.07) is 0. The number of hydrogen-bond acceptors (Lipinski definition) is 2. The molecule has 0 aliphatic rings. The number of aromatic nitrogens is 2. The van der Waals surface area contributed by atoms with E-state index in [-0.39, 0.29) is 24.0 Å². The van der Waals surface area contributed by atoms with Crippen molar-refractivity contribution in [3.05, 3.63) is 18.7 Å². The summed E-state index contributed by atoms with van der Waals surface area (Å²) in [5.74, 6) is 0.934. The first-order valence-electron chi connectivity index (χ1n) is 7.34. The van der Waals surface area contributed by atoms with Crippen LogP contribution in [0.3, 0.4) is 0 Å². The van der Waals surface area contributed by atoms with E-state index in [4.69, 9.17) is 0 Å². The molecule has 2 N–H and O–H groups in total. The van der Waals surface area contributed by atoms with Gasteiger partial charge in [0.2, 0.25) is 0 Å². The number of halogens is 1. The van der Waals surface area contributed by atoms with Crippen LogP contribution in [0.4, 0.5) is 0 Å². The Morgan fingerprint density at radius 1 is 1.20 bits per heavy atom. The molecule has 1 heterocycles. The molecule has 0 unspecified atom stereocenters. The smallest absolute Gasteiger partial charge is 0.191 e. The molecule has 1 rings (SSSR count). The molecule has 0 saturated carbocycles. The first-order valence-corrected chi connectivity index (χ1v) is 7.34. The summed E-state index contributed by atoms with van der Waals surface area (Å²) in [6.07, 6.45) is 10.4. The normalized spacial score (nSPS) is 11.0. The summed E-state index contributed by atoms with van der Waals surface area (Å²) in [5.41, 5.74) is 0. The molecule has 0 amide bonds. The highest BCUT2D eigenvalue weighted by atomic mass is 127. The minimum absolute atomic E-state index is 0. The van der Waals surface area contributed by atoms with Crippen LogP contribution < -0.4 is 10.6 Å². The predicted octanol–water partition coefficient (Wildman–Crippen LogP) is 2.64. The van der Waals surface area contributed by atoms with E-state index in [1.165, 1.54) is 19.3 Å². The summed E-state index contributed by atoms with van der Waals surface area (Å²) in [7, 11) is 0. The standard InChI is InChI=1S/C14H27N5.HI/c1-3-5-6-8-17-14(16-4-2)18-9-7-11-19-12-10-15-13-19;/h10,12-13H,3-9,11H2,1-2H3,(H2,16,17,18);1H. The zero-order valence-electron chi connectivity index (χ0n) is 12.6. The lowest BCUT2D eigenvalue weighted by molar-refractivity contribution is 0.643. The summed E-state index contributed by atoms with van der Waals surface area (Å²) in [5, 5.41) is 6.64. The SMILES string of the molecule is CCCCCNC(=NCCCn1ccnc1)NCC.I. The van der Waals surface area contributed by atoms with Crippen molar-refractivity contribution in [1.29, 1.82) is 0 Å². The van der Waals surface area contributed by atoms with Gasteiger partial charge in [-0.05, 0) is 19.8 Å². The van der Waals surface area contributed by atoms with Crippen LogP contribution in [-0.4, -0.2) is 35.1 Å². The summed E-state index contributed by atoms with van der Waals surface area (Å²) >= 11 is 0. The van der Waals surface area contributed by atoms with Crippen LogP contribution in [0.25, 0.3) is 0 Å². The fourth-order valence-corrected chi connectivity index (χ4v) is 1.79. The molecule has 0 radical (unpaired) electrons. The molecule has 0 fully saturated rings. The molecular formula is C14H28IN5. The van der Waals surface area contributed by atoms with Gasteiger partial charge in [-0.15, -0.1) is 24.0 Å². The second kappa shape index (κ2) is 13.2. The number of imidazole rings is 1. The van der Waals surface area contributed by atoms with Gasteiger partial charge < -0.3 is 15.2 Å². The minimum atomic E-state index is 0. The van der Waals surface area contributed by atoms with Crippen LogP contribution in [0.5, 0.6) is 0 Å². The van der Waals surface area contributed by atoms with E-state index in [1.54, 1.807) is 0 Å². The Labute approximate surface area is 139 Å². The van der Waals surface area contributed by atoms with Gasteiger partial charge >= 0.3 is 0 Å². The summed E-state index contributed by atoms with van der Waals surface area (Å²) in [6.45, 7) is 8.02. The first-order chi connectivity index (χ1) is 9.36. The number of aliphatic imine (C=N–C) groups is 1. The minimum Gasteiger partial charge on any atom is -0.357 e. The number of nitrogens with one attached hydrogen (secondary N) is 2. The van der Waals surface area contributed by atoms with Gasteiger partial charge in [-0.1, -0.05) is 19.8 Å². The maximum Gasteiger partial charge on any atom is 0.191 e. The molecule has 20 heavy (non-hydrogen) atoms. The van der Waals surface area contributed by atoms with E-state index >= 15 is 0 Å². The first kappa shape index (κ1) is 19.2. The van der Waals surface area contributed by atoms with Gasteiger partial charge in [0.1, 0.15) is 0 Å². The molecule has 1 aromatic rings. The third kappa shape index (κ3) is 9.17. The average Bonchev–Trinajstić information content (AvgIpc) is 2.92. The van der Waals surface area contributed by atoms with Crippen molar-refractivity contribution >= 4 is 29.9 Å². The topological polar surface area (TPSA) is 54.2 Å². The van der Waals surface area contributed by atoms with Gasteiger partial charge in [-0.25, -0.2) is 4.98 Å². The van der Waals surface area contributed by atoms with Gasteiger partial charge in [0.05, 0.1) is 6.33 Å². The maximum absolute atomic E-state index is 4.57. The Bertz CT molecular complexity index is 337. The highest BCUT2D eigenvalue weighted by Gasteiger charge is 1.96. The molecule has 116 valence electrons. The quantitative estimate of drug-likeness (QED) is 0.294. The van der Waals surface area contributed by atoms with Gasteiger partial charge in [-0.2, -0.15) is 0 Å². The van der Waals surface area contributed by atoms with Gasteiger partial charge in [0, 0.05) is 38.6 Å². The highest BCUT2D eigenvalue weighted by molar-refractivity contribution is 14.0. The Balaban J connectivity index is 0.00000361. The van der Waals surface area contributed by atoms with Crippen molar-refractivity contribution < 1.29 is 0 Å². The summed E-state index contributed by atoms with van der Waals surface area (Å²) < 4.78 is 2.08. The zero-order valence-corrected chi connectivity index (χ0v) is 15.0. The third-order valence-corrected chi connectivity index (χ3v) is 2.82. The Hall–Kier alpha value is -0.790. The Morgan fingerprint density at radius 2 is 2.05 bits per heavy atom. The molecule has 0 saturated heterocycles. The van der Waals surface area contributed by atoms with Gasteiger partial charge in [0.25, 0.3) is 0 Å². The largest absolute Gasteiger partial charge is 0.357 e. The number of rotatable bonds is 9. The molecule has 0 spiro atoms. The van der Waals surface area contributed by atoms with Crippen molar-refractivity contribution in [1.82, 2.24) is 20.2 Å². The Morgan fingerprint density at radius 3 is 2.70 bits per heavy atom. The molecule has 6 heteroatoms. The van der Waals surface area contributed by atoms with E-state index in [9.17, 15) is 0 Å². The predicted molar refractivity (Wildman–Crippen MR) is 95.8 cm³/mol. The van der Waals surface area contributed by atoms with Crippen molar-refractivity contribution in [3.63, 3.8) is 0 Å². The van der Waals surface area contributed by atoms with Crippen molar-refractivity contribution in [3.8, 4) is 0 Å². The average molecular weight is 393 g/mol. The second-order valence-electron chi connectivity index (χ2n) is 4.55. The monoisotopic (exact) mass is 393 g/mol. The lowest BCUT2D eigenvalue weighted by atomic mass is 10.2. The van der Waals surface area contributed by atoms with E-state index in [1.807, 2.05) is 18.7 Å². The fourth-order valence-electron chi connectivity index (χ4n) is 1.79. The van der Waals surface area contributed by atoms with Gasteiger partial charge in [-0.3, -0.25) is 4.99 Å². The van der Waals surface area contributed by atoms with Crippen LogP contribution in [0.15, 0.2) is 23.7 Å². The van der Waals surface area contributed by atoms with Crippen LogP contribution in [-0.2, 0) is 6.54 Å². The van der Waals surface area contributed by atoms with Crippen LogP contribution in [0.2, 0.25) is 0 Å². The van der Waals surface area contributed by atoms with Gasteiger partial charge in [0.15, 0.2) is 5.96 Å². The van der Waals surface area contributed by atoms with E-state index in [0.29, 0.717) is 0 Å². The highest BCUT2D eigenvalue weighted by Crippen LogP contribution is 1.92. The van der Waals surface area contributed by atoms with Crippen LogP contribution in [0.1, 0.15) is 39.5 Å². The van der Waals surface area contributed by atoms with Crippen molar-refractivity contribution in [2.75, 3.05) is 19.6 Å². The lowest BCUT2D eigenvalue weighted by Crippen LogP contribution is -2.37. The zero-order chi connectivity index (χ0) is 13.8. The molecule has 5 nitrogen and oxygen atoms in total. The molecule has 0 aromatic carbocycles. The molecule has 0 aliphatic heterocycles. The molecule has 0 bridgehead atoms. The number of unbranched alkanes of at least 4 members (excludes halogenated alkanes) is 2. The fraction of sp³-hybridized carbons (Fsp3) is 0.714. The molecule has 0 atom stereocenters. The Kier molecular flexibility index (Phi) is 12.7. The number of hydrogen-bond donors (Lipinski definition) is 2. The number of aryl methyl sites for hydroxylation is 1. The second-order valence-corrected chi connectivity index (χ2v) is 4.55. The molecule has 1 aromatic heterocycles. The third-order valence-electron chi connectivity index (χ3n) is 2.82. The van der Waals surface area contributed by atoms with Crippen LogP contribution >= 0.6 is 24.0 Å². The van der Waals surface area contributed by atoms with E-state index in [0.717, 1.165) is 38.6 Å². The number of nitrogens with zero attached hydrogens (tertiary/aromatic N) is 3. The van der Waals surface area contributed by atoms with Crippen molar-refractivity contribution in [2.24, 2.45) is 4.99 Å². The maximum atomic E-state index is 4.57. The van der Waals surface area contributed by atoms with E-state index in [2.05, 4.69) is 39.0 Å². The molecular weight excluding hydrogens is 365 g/mol. The molecule has 0 aliphatic carbocycles. The van der Waals surface area contributed by atoms with Crippen molar-refractivity contribution in [2.45, 2.75) is 46.1 Å².